The summed E-state index contributed by atoms with van der Waals surface area (Å²) in [6.07, 6.45) is -7.23. The molecule has 18 nitrogen and oxygen atoms in total. The molecule has 2 aliphatic heterocycles. The second-order valence-corrected chi connectivity index (χ2v) is 11.6. The maximum atomic E-state index is 12.0. The van der Waals surface area contributed by atoms with E-state index in [1.165, 1.54) is 17.2 Å². The molecule has 0 saturated carbocycles. The number of ether oxygens (including phenoxy) is 2. The van der Waals surface area contributed by atoms with E-state index in [2.05, 4.69) is 15.0 Å². The normalized spacial score (nSPS) is 32.5. The number of nitrogens with two attached hydrogens (primary N) is 1. The molecule has 3 aromatic heterocycles. The number of hydrogen-bond acceptors (Lipinski definition) is 15. The minimum Gasteiger partial charge on any atom is -0.387 e. The van der Waals surface area contributed by atoms with Gasteiger partial charge in [-0.3, -0.25) is 18.9 Å². The summed E-state index contributed by atoms with van der Waals surface area (Å²) in [7, 11) is 0. The average molecular weight is 589 g/mol. The number of rotatable bonds is 8. The van der Waals surface area contributed by atoms with E-state index >= 15 is 0 Å². The second kappa shape index (κ2) is 10.7. The maximum Gasteiger partial charge on any atom is 0.330 e. The SMILES string of the molecule is Nc1ncnc2c1ncn2[C@@H]1O[C@H](COP(O)(=S)OC[C@H]2O[C@@H](n3ccc(=O)[nH]c3=O)[C@H](O)[C@@H]2O)[C@@H](O)[C@H]1O. The minimum absolute atomic E-state index is 0.116. The molecular formula is C19H24N7O11PS. The van der Waals surface area contributed by atoms with Crippen molar-refractivity contribution in [1.29, 1.82) is 0 Å². The van der Waals surface area contributed by atoms with E-state index in [0.29, 0.717) is 0 Å². The van der Waals surface area contributed by atoms with Crippen LogP contribution in [0.25, 0.3) is 11.2 Å². The van der Waals surface area contributed by atoms with Crippen LogP contribution in [0, 0.1) is 0 Å². The summed E-state index contributed by atoms with van der Waals surface area (Å²) >= 11 is 4.98. The van der Waals surface area contributed by atoms with Crippen LogP contribution in [0.2, 0.25) is 0 Å². The van der Waals surface area contributed by atoms with E-state index in [0.717, 1.165) is 16.8 Å². The number of H-pyrrole nitrogens is 1. The molecule has 0 aliphatic carbocycles. The predicted molar refractivity (Wildman–Crippen MR) is 131 cm³/mol. The highest BCUT2D eigenvalue weighted by molar-refractivity contribution is 8.07. The Morgan fingerprint density at radius 3 is 2.15 bits per heavy atom. The quantitative estimate of drug-likeness (QED) is 0.125. The zero-order valence-electron chi connectivity index (χ0n) is 19.7. The van der Waals surface area contributed by atoms with Gasteiger partial charge in [0.05, 0.1) is 19.5 Å². The fourth-order valence-corrected chi connectivity index (χ4v) is 5.36. The molecule has 0 aromatic carbocycles. The van der Waals surface area contributed by atoms with Crippen LogP contribution in [0.1, 0.15) is 12.5 Å². The highest BCUT2D eigenvalue weighted by Gasteiger charge is 2.46. The van der Waals surface area contributed by atoms with Crippen molar-refractivity contribution in [3.8, 4) is 0 Å². The monoisotopic (exact) mass is 589 g/mol. The first kappa shape index (κ1) is 27.9. The minimum atomic E-state index is -4.01. The highest BCUT2D eigenvalue weighted by Crippen LogP contribution is 2.46. The summed E-state index contributed by atoms with van der Waals surface area (Å²) in [5.74, 6) is 0.116. The number of fused-ring (bicyclic) bond motifs is 1. The molecule has 39 heavy (non-hydrogen) atoms. The first-order valence-corrected chi connectivity index (χ1v) is 14.0. The number of aliphatic hydroxyl groups is 4. The van der Waals surface area contributed by atoms with Crippen LogP contribution in [0.5, 0.6) is 0 Å². The summed E-state index contributed by atoms with van der Waals surface area (Å²) < 4.78 is 23.9. The van der Waals surface area contributed by atoms with E-state index in [1.807, 2.05) is 4.98 Å². The van der Waals surface area contributed by atoms with Gasteiger partial charge in [-0.25, -0.2) is 19.7 Å². The molecule has 20 heteroatoms. The number of anilines is 1. The molecule has 0 radical (unpaired) electrons. The van der Waals surface area contributed by atoms with Gasteiger partial charge in [-0.2, -0.15) is 0 Å². The fourth-order valence-electron chi connectivity index (χ4n) is 4.25. The lowest BCUT2D eigenvalue weighted by atomic mass is 10.1. The lowest BCUT2D eigenvalue weighted by Gasteiger charge is -2.22. The average Bonchev–Trinajstić information content (AvgIpc) is 3.53. The Kier molecular flexibility index (Phi) is 7.65. The van der Waals surface area contributed by atoms with E-state index in [9.17, 15) is 34.9 Å². The Hall–Kier alpha value is -2.68. The van der Waals surface area contributed by atoms with Crippen LogP contribution >= 0.6 is 6.72 Å². The van der Waals surface area contributed by atoms with Gasteiger partial charge in [-0.05, 0) is 11.8 Å². The molecule has 5 heterocycles. The zero-order chi connectivity index (χ0) is 28.1. The molecule has 2 saturated heterocycles. The lowest BCUT2D eigenvalue weighted by molar-refractivity contribution is -0.0591. The van der Waals surface area contributed by atoms with Crippen molar-refractivity contribution in [2.75, 3.05) is 18.9 Å². The van der Waals surface area contributed by atoms with Crippen LogP contribution in [0.4, 0.5) is 5.82 Å². The van der Waals surface area contributed by atoms with E-state index in [1.54, 1.807) is 0 Å². The van der Waals surface area contributed by atoms with Gasteiger partial charge >= 0.3 is 12.4 Å². The van der Waals surface area contributed by atoms with Crippen LogP contribution in [-0.2, 0) is 30.3 Å². The number of aromatic amines is 1. The molecule has 2 fully saturated rings. The highest BCUT2D eigenvalue weighted by atomic mass is 32.5. The molecule has 1 unspecified atom stereocenters. The Labute approximate surface area is 222 Å². The van der Waals surface area contributed by atoms with Crippen molar-refractivity contribution < 1.29 is 43.8 Å². The number of aromatic nitrogens is 6. The van der Waals surface area contributed by atoms with Gasteiger partial charge in [-0.15, -0.1) is 0 Å². The predicted octanol–water partition coefficient (Wildman–Crippen LogP) is -3.55. The van der Waals surface area contributed by atoms with Gasteiger partial charge in [0.15, 0.2) is 23.9 Å². The summed E-state index contributed by atoms with van der Waals surface area (Å²) in [4.78, 5) is 47.7. The lowest BCUT2D eigenvalue weighted by Crippen LogP contribution is -2.37. The van der Waals surface area contributed by atoms with E-state index in [4.69, 9.17) is 36.1 Å². The largest absolute Gasteiger partial charge is 0.387 e. The van der Waals surface area contributed by atoms with Crippen LogP contribution < -0.4 is 17.0 Å². The van der Waals surface area contributed by atoms with Gasteiger partial charge < -0.3 is 49.6 Å². The first-order valence-electron chi connectivity index (χ1n) is 11.4. The van der Waals surface area contributed by atoms with Gasteiger partial charge in [0.25, 0.3) is 5.56 Å². The Bertz CT molecular complexity index is 1520. The van der Waals surface area contributed by atoms with Crippen molar-refractivity contribution in [2.45, 2.75) is 49.1 Å². The molecular weight excluding hydrogens is 565 g/mol. The van der Waals surface area contributed by atoms with Gasteiger partial charge in [0.1, 0.15) is 48.5 Å². The van der Waals surface area contributed by atoms with Gasteiger partial charge in [-0.1, -0.05) is 0 Å². The molecule has 0 amide bonds. The smallest absolute Gasteiger partial charge is 0.330 e. The van der Waals surface area contributed by atoms with Crippen LogP contribution in [0.3, 0.4) is 0 Å². The topological polar surface area (TPSA) is 263 Å². The summed E-state index contributed by atoms with van der Waals surface area (Å²) in [5.41, 5.74) is 4.78. The fraction of sp³-hybridized carbons (Fsp3) is 0.526. The summed E-state index contributed by atoms with van der Waals surface area (Å²) in [6.45, 7) is -5.04. The molecule has 5 rings (SSSR count). The van der Waals surface area contributed by atoms with Crippen molar-refractivity contribution in [3.63, 3.8) is 0 Å². The Morgan fingerprint density at radius 2 is 1.56 bits per heavy atom. The number of imidazole rings is 1. The van der Waals surface area contributed by atoms with E-state index < -0.39 is 80.3 Å². The van der Waals surface area contributed by atoms with Crippen molar-refractivity contribution in [1.82, 2.24) is 29.1 Å². The Balaban J connectivity index is 1.19. The molecule has 0 spiro atoms. The van der Waals surface area contributed by atoms with Crippen molar-refractivity contribution in [3.05, 3.63) is 45.8 Å². The van der Waals surface area contributed by atoms with Gasteiger partial charge in [0.2, 0.25) is 0 Å². The van der Waals surface area contributed by atoms with Crippen LogP contribution in [-0.4, -0.2) is 104 Å². The van der Waals surface area contributed by atoms with E-state index in [-0.39, 0.29) is 17.0 Å². The van der Waals surface area contributed by atoms with Crippen LogP contribution in [0.15, 0.2) is 34.5 Å². The molecule has 8 N–H and O–H groups in total. The first-order chi connectivity index (χ1) is 18.5. The third kappa shape index (κ3) is 5.39. The van der Waals surface area contributed by atoms with Crippen molar-refractivity contribution in [2.24, 2.45) is 0 Å². The third-order valence-corrected chi connectivity index (χ3v) is 7.85. The zero-order valence-corrected chi connectivity index (χ0v) is 21.4. The standard InChI is InChI=1S/C19H24N7O11PS/c20-15-10-16(22-5-21-15)26(6-23-10)18-14(31)12(29)8(37-18)4-35-38(33,39)34-3-7-11(28)13(30)17(36-7)25-2-1-9(27)24-19(25)32/h1-2,5-8,11-14,17-18,28-31H,3-4H2,(H,33,39)(H2,20,21,22)(H,24,27,32)/t7-,8-,11-,12-,13-,14-,17-,18-,38?/m1/s1. The molecule has 212 valence electrons. The van der Waals surface area contributed by atoms with Gasteiger partial charge in [0, 0.05) is 12.3 Å². The second-order valence-electron chi connectivity index (χ2n) is 8.75. The number of nitrogens with zero attached hydrogens (tertiary/aromatic N) is 5. The number of nitrogens with one attached hydrogen (secondary N) is 1. The number of aliphatic hydroxyl groups excluding tert-OH is 4. The molecule has 0 bridgehead atoms. The number of hydrogen-bond donors (Lipinski definition) is 7. The summed E-state index contributed by atoms with van der Waals surface area (Å²) in [6, 6.07) is 1.04. The molecule has 3 aromatic rings. The number of nitrogen functional groups attached to an aromatic ring is 1. The molecule has 2 aliphatic rings. The maximum absolute atomic E-state index is 12.0. The third-order valence-electron chi connectivity index (χ3n) is 6.26. The van der Waals surface area contributed by atoms with Crippen molar-refractivity contribution >= 4 is 35.5 Å². The molecule has 9 atom stereocenters. The summed E-state index contributed by atoms with van der Waals surface area (Å²) in [5, 5.41) is 41.6. The Morgan fingerprint density at radius 1 is 0.974 bits per heavy atom.